The minimum absolute atomic E-state index is 0.0197. The summed E-state index contributed by atoms with van der Waals surface area (Å²) >= 11 is 0. The van der Waals surface area contributed by atoms with Crippen LogP contribution in [0, 0.1) is 11.8 Å². The van der Waals surface area contributed by atoms with Crippen molar-refractivity contribution in [1.82, 2.24) is 5.32 Å². The number of carbonyl (C=O) groups is 1. The predicted molar refractivity (Wildman–Crippen MR) is 80.5 cm³/mol. The normalized spacial score (nSPS) is 26.0. The van der Waals surface area contributed by atoms with E-state index in [2.05, 4.69) is 19.2 Å². The number of rotatable bonds is 4. The van der Waals surface area contributed by atoms with E-state index in [0.29, 0.717) is 23.3 Å². The summed E-state index contributed by atoms with van der Waals surface area (Å²) in [5.41, 5.74) is 6.33. The van der Waals surface area contributed by atoms with Gasteiger partial charge in [0, 0.05) is 6.04 Å². The van der Waals surface area contributed by atoms with Crippen molar-refractivity contribution in [2.45, 2.75) is 39.2 Å². The zero-order valence-corrected chi connectivity index (χ0v) is 12.3. The lowest BCUT2D eigenvalue weighted by Gasteiger charge is -2.34. The number of benzene rings is 1. The Kier molecular flexibility index (Phi) is 4.88. The van der Waals surface area contributed by atoms with Crippen molar-refractivity contribution in [2.75, 3.05) is 12.3 Å². The van der Waals surface area contributed by atoms with Crippen molar-refractivity contribution in [3.63, 3.8) is 0 Å². The molecule has 0 bridgehead atoms. The lowest BCUT2D eigenvalue weighted by molar-refractivity contribution is -0.124. The Morgan fingerprint density at radius 1 is 1.35 bits per heavy atom. The molecule has 1 fully saturated rings. The first-order valence-electron chi connectivity index (χ1n) is 7.34. The standard InChI is InChI=1S/C16H24N2O2/c1-11-6-5-8-14(12(11)2)18-16(19)10-20-15-9-4-3-7-13(15)17/h3-4,7,9,11-12,14H,5-6,8,10,17H2,1-2H3,(H,18,19). The Morgan fingerprint density at radius 2 is 2.10 bits per heavy atom. The molecule has 3 unspecified atom stereocenters. The quantitative estimate of drug-likeness (QED) is 0.831. The molecule has 1 aromatic carbocycles. The molecule has 1 amide bonds. The van der Waals surface area contributed by atoms with Crippen LogP contribution in [0.25, 0.3) is 0 Å². The van der Waals surface area contributed by atoms with Gasteiger partial charge in [-0.05, 0) is 30.4 Å². The maximum Gasteiger partial charge on any atom is 0.258 e. The van der Waals surface area contributed by atoms with Crippen LogP contribution in [0.2, 0.25) is 0 Å². The van der Waals surface area contributed by atoms with Gasteiger partial charge in [0.1, 0.15) is 5.75 Å². The number of carbonyl (C=O) groups excluding carboxylic acids is 1. The molecule has 0 aliphatic heterocycles. The molecule has 1 aliphatic rings. The molecule has 1 aromatic rings. The third kappa shape index (κ3) is 3.65. The van der Waals surface area contributed by atoms with Gasteiger partial charge < -0.3 is 15.8 Å². The SMILES string of the molecule is CC1CCCC(NC(=O)COc2ccccc2N)C1C. The molecular weight excluding hydrogens is 252 g/mol. The number of nitrogen functional groups attached to an aromatic ring is 1. The molecule has 0 aromatic heterocycles. The highest BCUT2D eigenvalue weighted by Crippen LogP contribution is 2.29. The van der Waals surface area contributed by atoms with Crippen LogP contribution in [-0.4, -0.2) is 18.6 Å². The van der Waals surface area contributed by atoms with Crippen molar-refractivity contribution in [3.8, 4) is 5.75 Å². The maximum atomic E-state index is 12.0. The number of para-hydroxylation sites is 2. The maximum absolute atomic E-state index is 12.0. The van der Waals surface area contributed by atoms with Crippen LogP contribution >= 0.6 is 0 Å². The minimum Gasteiger partial charge on any atom is -0.482 e. The summed E-state index contributed by atoms with van der Waals surface area (Å²) in [4.78, 5) is 12.0. The summed E-state index contributed by atoms with van der Waals surface area (Å²) in [5.74, 6) is 1.68. The second kappa shape index (κ2) is 6.64. The van der Waals surface area contributed by atoms with E-state index in [-0.39, 0.29) is 18.6 Å². The molecule has 3 N–H and O–H groups in total. The smallest absolute Gasteiger partial charge is 0.258 e. The molecule has 1 saturated carbocycles. The number of hydrogen-bond donors (Lipinski definition) is 2. The fourth-order valence-corrected chi connectivity index (χ4v) is 2.79. The monoisotopic (exact) mass is 276 g/mol. The van der Waals surface area contributed by atoms with Crippen molar-refractivity contribution in [1.29, 1.82) is 0 Å². The summed E-state index contributed by atoms with van der Waals surface area (Å²) in [7, 11) is 0. The lowest BCUT2D eigenvalue weighted by atomic mass is 9.78. The van der Waals surface area contributed by atoms with Crippen LogP contribution in [0.5, 0.6) is 5.75 Å². The van der Waals surface area contributed by atoms with Crippen LogP contribution < -0.4 is 15.8 Å². The second-order valence-electron chi connectivity index (χ2n) is 5.77. The number of amides is 1. The van der Waals surface area contributed by atoms with Crippen LogP contribution in [0.4, 0.5) is 5.69 Å². The van der Waals surface area contributed by atoms with Gasteiger partial charge in [0.05, 0.1) is 5.69 Å². The van der Waals surface area contributed by atoms with E-state index in [4.69, 9.17) is 10.5 Å². The van der Waals surface area contributed by atoms with Crippen LogP contribution in [0.15, 0.2) is 24.3 Å². The largest absolute Gasteiger partial charge is 0.482 e. The third-order valence-electron chi connectivity index (χ3n) is 4.33. The molecule has 0 spiro atoms. The average molecular weight is 276 g/mol. The molecule has 4 nitrogen and oxygen atoms in total. The summed E-state index contributed by atoms with van der Waals surface area (Å²) < 4.78 is 5.47. The van der Waals surface area contributed by atoms with Crippen molar-refractivity contribution in [3.05, 3.63) is 24.3 Å². The highest BCUT2D eigenvalue weighted by Gasteiger charge is 2.28. The zero-order valence-electron chi connectivity index (χ0n) is 12.3. The number of ether oxygens (including phenoxy) is 1. The fraction of sp³-hybridized carbons (Fsp3) is 0.562. The molecule has 1 aliphatic carbocycles. The molecule has 0 saturated heterocycles. The van der Waals surface area contributed by atoms with E-state index >= 15 is 0 Å². The Labute approximate surface area is 120 Å². The molecule has 4 heteroatoms. The Balaban J connectivity index is 1.82. The first-order valence-corrected chi connectivity index (χ1v) is 7.34. The predicted octanol–water partition coefficient (Wildman–Crippen LogP) is 2.59. The molecule has 20 heavy (non-hydrogen) atoms. The molecular formula is C16H24N2O2. The van der Waals surface area contributed by atoms with Crippen LogP contribution in [0.3, 0.4) is 0 Å². The van der Waals surface area contributed by atoms with Gasteiger partial charge in [0.25, 0.3) is 5.91 Å². The van der Waals surface area contributed by atoms with Crippen molar-refractivity contribution in [2.24, 2.45) is 11.8 Å². The highest BCUT2D eigenvalue weighted by molar-refractivity contribution is 5.78. The number of anilines is 1. The van der Waals surface area contributed by atoms with E-state index in [1.54, 1.807) is 12.1 Å². The molecule has 110 valence electrons. The third-order valence-corrected chi connectivity index (χ3v) is 4.33. The van der Waals surface area contributed by atoms with E-state index in [1.807, 2.05) is 12.1 Å². The van der Waals surface area contributed by atoms with E-state index in [0.717, 1.165) is 6.42 Å². The fourth-order valence-electron chi connectivity index (χ4n) is 2.79. The number of hydrogen-bond acceptors (Lipinski definition) is 3. The van der Waals surface area contributed by atoms with E-state index in [9.17, 15) is 4.79 Å². The number of nitrogens with one attached hydrogen (secondary N) is 1. The van der Waals surface area contributed by atoms with E-state index < -0.39 is 0 Å². The average Bonchev–Trinajstić information content (AvgIpc) is 2.43. The summed E-state index contributed by atoms with van der Waals surface area (Å²) in [6.45, 7) is 4.49. The Morgan fingerprint density at radius 3 is 2.85 bits per heavy atom. The van der Waals surface area contributed by atoms with Gasteiger partial charge in [0.15, 0.2) is 6.61 Å². The van der Waals surface area contributed by atoms with Gasteiger partial charge in [-0.3, -0.25) is 4.79 Å². The minimum atomic E-state index is -0.0702. The molecule has 0 heterocycles. The topological polar surface area (TPSA) is 64.3 Å². The van der Waals surface area contributed by atoms with Crippen LogP contribution in [-0.2, 0) is 4.79 Å². The van der Waals surface area contributed by atoms with Gasteiger partial charge >= 0.3 is 0 Å². The van der Waals surface area contributed by atoms with Crippen molar-refractivity contribution < 1.29 is 9.53 Å². The van der Waals surface area contributed by atoms with Gasteiger partial charge in [0.2, 0.25) is 0 Å². The first kappa shape index (κ1) is 14.7. The second-order valence-corrected chi connectivity index (χ2v) is 5.77. The summed E-state index contributed by atoms with van der Waals surface area (Å²) in [6.07, 6.45) is 3.50. The highest BCUT2D eigenvalue weighted by atomic mass is 16.5. The number of nitrogens with two attached hydrogens (primary N) is 1. The Hall–Kier alpha value is -1.71. The summed E-state index contributed by atoms with van der Waals surface area (Å²) in [5, 5.41) is 3.08. The molecule has 0 radical (unpaired) electrons. The lowest BCUT2D eigenvalue weighted by Crippen LogP contribution is -2.45. The van der Waals surface area contributed by atoms with Gasteiger partial charge in [-0.15, -0.1) is 0 Å². The van der Waals surface area contributed by atoms with Crippen LogP contribution in [0.1, 0.15) is 33.1 Å². The summed E-state index contributed by atoms with van der Waals surface area (Å²) in [6, 6.07) is 7.48. The van der Waals surface area contributed by atoms with Crippen molar-refractivity contribution >= 4 is 11.6 Å². The molecule has 2 rings (SSSR count). The molecule has 3 atom stereocenters. The van der Waals surface area contributed by atoms with Gasteiger partial charge in [-0.1, -0.05) is 38.8 Å². The zero-order chi connectivity index (χ0) is 14.5. The van der Waals surface area contributed by atoms with Gasteiger partial charge in [-0.25, -0.2) is 0 Å². The van der Waals surface area contributed by atoms with Gasteiger partial charge in [-0.2, -0.15) is 0 Å². The van der Waals surface area contributed by atoms with E-state index in [1.165, 1.54) is 12.8 Å². The Bertz CT molecular complexity index is 462. The first-order chi connectivity index (χ1) is 9.58.